The van der Waals surface area contributed by atoms with Crippen molar-refractivity contribution in [3.8, 4) is 79.8 Å². The molecular weight excluding hydrogens is 853 g/mol. The van der Waals surface area contributed by atoms with Gasteiger partial charge in [0.1, 0.15) is 16.1 Å². The van der Waals surface area contributed by atoms with Crippen molar-refractivity contribution in [3.63, 3.8) is 0 Å². The first-order chi connectivity index (χ1) is 26.9. The van der Waals surface area contributed by atoms with Crippen molar-refractivity contribution in [2.45, 2.75) is 73.9 Å². The molecule has 0 radical (unpaired) electrons. The Bertz CT molecular complexity index is 2390. The molecule has 0 N–H and O–H groups in total. The van der Waals surface area contributed by atoms with Gasteiger partial charge in [-0.25, -0.2) is 0 Å². The Labute approximate surface area is 362 Å². The standard InChI is InChI=1S/C28H28Si.C20H16Br2.C5H10Si/c1-7-8-27-25(23-13-9-21(2)10-14-23)17-18-26(24-15-11-22(3)12-16-24)28(27)19-20-29(4,5)6;1-13-3-7-15(8-4-13)17-11-12-18(20(22)19(17)21)16-9-5-14(2)6-10-16;1-5-6(2,3)4/h9-18H,1-6H3;3-12H,1-2H3;1H,2-4H3. The van der Waals surface area contributed by atoms with Crippen LogP contribution in [0.1, 0.15) is 40.3 Å². The van der Waals surface area contributed by atoms with Gasteiger partial charge in [-0.3, -0.25) is 0 Å². The third kappa shape index (κ3) is 13.2. The minimum atomic E-state index is -1.53. The molecule has 0 spiro atoms. The van der Waals surface area contributed by atoms with E-state index in [1.54, 1.807) is 0 Å². The normalized spacial score (nSPS) is 10.6. The lowest BCUT2D eigenvalue weighted by molar-refractivity contribution is 1.45. The van der Waals surface area contributed by atoms with Crippen LogP contribution < -0.4 is 0 Å². The van der Waals surface area contributed by atoms with E-state index in [0.29, 0.717) is 0 Å². The second-order valence-corrected chi connectivity index (χ2v) is 27.6. The van der Waals surface area contributed by atoms with Gasteiger partial charge in [0.25, 0.3) is 0 Å². The molecule has 0 saturated carbocycles. The summed E-state index contributed by atoms with van der Waals surface area (Å²) in [6, 6.07) is 43.3. The third-order valence-electron chi connectivity index (χ3n) is 8.98. The molecule has 0 aliphatic heterocycles. The molecule has 0 aromatic heterocycles. The van der Waals surface area contributed by atoms with Gasteiger partial charge < -0.3 is 0 Å². The lowest BCUT2D eigenvalue weighted by Crippen LogP contribution is -2.16. The lowest BCUT2D eigenvalue weighted by Gasteiger charge is -2.14. The molecule has 0 bridgehead atoms. The maximum Gasteiger partial charge on any atom is 0.129 e. The second kappa shape index (κ2) is 20.2. The smallest absolute Gasteiger partial charge is 0.129 e. The van der Waals surface area contributed by atoms with Crippen LogP contribution in [0.25, 0.3) is 44.5 Å². The van der Waals surface area contributed by atoms with E-state index in [2.05, 4.69) is 249 Å². The fourth-order valence-electron chi connectivity index (χ4n) is 5.65. The van der Waals surface area contributed by atoms with Crippen molar-refractivity contribution in [2.24, 2.45) is 0 Å². The molecule has 6 aromatic rings. The summed E-state index contributed by atoms with van der Waals surface area (Å²) in [7, 11) is -2.64. The van der Waals surface area contributed by atoms with Crippen LogP contribution in [0.3, 0.4) is 0 Å². The lowest BCUT2D eigenvalue weighted by atomic mass is 9.89. The zero-order chi connectivity index (χ0) is 41.9. The predicted octanol–water partition coefficient (Wildman–Crippen LogP) is 15.9. The molecule has 0 fully saturated rings. The Balaban J connectivity index is 0.000000227. The van der Waals surface area contributed by atoms with Gasteiger partial charge >= 0.3 is 0 Å². The summed E-state index contributed by atoms with van der Waals surface area (Å²) in [6.45, 7) is 23.6. The van der Waals surface area contributed by atoms with Crippen LogP contribution in [0, 0.1) is 63.0 Å². The average Bonchev–Trinajstić information content (AvgIpc) is 3.17. The zero-order valence-electron chi connectivity index (χ0n) is 35.4. The molecule has 0 unspecified atom stereocenters. The molecular formula is C53H54Br2Si2. The van der Waals surface area contributed by atoms with Crippen molar-refractivity contribution in [2.75, 3.05) is 0 Å². The molecule has 0 aliphatic carbocycles. The van der Waals surface area contributed by atoms with E-state index < -0.39 is 16.1 Å². The summed E-state index contributed by atoms with van der Waals surface area (Å²) in [5.74, 6) is 10.1. The number of hydrogen-bond donors (Lipinski definition) is 0. The van der Waals surface area contributed by atoms with Gasteiger partial charge in [0.05, 0.1) is 0 Å². The molecule has 0 saturated heterocycles. The van der Waals surface area contributed by atoms with Crippen LogP contribution in [0.5, 0.6) is 0 Å². The summed E-state index contributed by atoms with van der Waals surface area (Å²) < 4.78 is 2.18. The van der Waals surface area contributed by atoms with Gasteiger partial charge in [0.2, 0.25) is 0 Å². The van der Waals surface area contributed by atoms with Gasteiger partial charge in [-0.1, -0.05) is 195 Å². The maximum atomic E-state index is 5.12. The summed E-state index contributed by atoms with van der Waals surface area (Å²) in [5.41, 5.74) is 22.9. The van der Waals surface area contributed by atoms with Gasteiger partial charge in [-0.05, 0) is 111 Å². The van der Waals surface area contributed by atoms with E-state index in [1.165, 1.54) is 55.6 Å². The van der Waals surface area contributed by atoms with Crippen molar-refractivity contribution < 1.29 is 0 Å². The highest BCUT2D eigenvalue weighted by molar-refractivity contribution is 9.13. The largest absolute Gasteiger partial charge is 0.135 e. The minimum absolute atomic E-state index is 1.03. The molecule has 0 aliphatic rings. The first kappa shape index (κ1) is 45.1. The van der Waals surface area contributed by atoms with Gasteiger partial charge in [0, 0.05) is 20.1 Å². The molecule has 0 nitrogen and oxygen atoms in total. The Hall–Kier alpha value is -4.61. The van der Waals surface area contributed by atoms with E-state index in [4.69, 9.17) is 6.42 Å². The highest BCUT2D eigenvalue weighted by Crippen LogP contribution is 2.41. The van der Waals surface area contributed by atoms with Gasteiger partial charge in [0.15, 0.2) is 0 Å². The van der Waals surface area contributed by atoms with E-state index in [9.17, 15) is 0 Å². The first-order valence-electron chi connectivity index (χ1n) is 19.3. The van der Waals surface area contributed by atoms with Crippen LogP contribution in [-0.2, 0) is 0 Å². The fraction of sp³-hybridized carbons (Fsp3) is 0.208. The van der Waals surface area contributed by atoms with Crippen LogP contribution in [0.15, 0.2) is 130 Å². The predicted molar refractivity (Wildman–Crippen MR) is 264 cm³/mol. The molecule has 4 heteroatoms. The third-order valence-corrected chi connectivity index (χ3v) is 12.9. The Morgan fingerprint density at radius 3 is 0.930 bits per heavy atom. The Morgan fingerprint density at radius 1 is 0.404 bits per heavy atom. The molecule has 0 amide bonds. The van der Waals surface area contributed by atoms with Crippen molar-refractivity contribution in [1.82, 2.24) is 0 Å². The van der Waals surface area contributed by atoms with Crippen LogP contribution in [-0.4, -0.2) is 16.1 Å². The first-order valence-corrected chi connectivity index (χ1v) is 27.9. The summed E-state index contributed by atoms with van der Waals surface area (Å²) in [5, 5.41) is 0. The van der Waals surface area contributed by atoms with Gasteiger partial charge in [-0.2, -0.15) is 0 Å². The van der Waals surface area contributed by atoms with E-state index in [-0.39, 0.29) is 0 Å². The SMILES string of the molecule is C#C[Si](C)(C)C.CC#Cc1c(-c2ccc(C)cc2)ccc(-c2ccc(C)cc2)c1C#C[Si](C)(C)C.Cc1ccc(-c2ccc(-c3ccc(C)cc3)c(Br)c2Br)cc1. The molecule has 0 heterocycles. The van der Waals surface area contributed by atoms with E-state index >= 15 is 0 Å². The minimum Gasteiger partial charge on any atom is -0.135 e. The van der Waals surface area contributed by atoms with Crippen LogP contribution in [0.2, 0.25) is 39.3 Å². The van der Waals surface area contributed by atoms with E-state index in [0.717, 1.165) is 31.2 Å². The molecule has 288 valence electrons. The Kier molecular flexibility index (Phi) is 16.0. The number of halogens is 2. The summed E-state index contributed by atoms with van der Waals surface area (Å²) >= 11 is 7.50. The maximum absolute atomic E-state index is 5.12. The monoisotopic (exact) mass is 904 g/mol. The Morgan fingerprint density at radius 2 is 0.667 bits per heavy atom. The average molecular weight is 907 g/mol. The van der Waals surface area contributed by atoms with Crippen molar-refractivity contribution >= 4 is 48.0 Å². The van der Waals surface area contributed by atoms with Crippen molar-refractivity contribution in [1.29, 1.82) is 0 Å². The van der Waals surface area contributed by atoms with Crippen LogP contribution >= 0.6 is 31.9 Å². The molecule has 0 atom stereocenters. The number of benzene rings is 6. The number of terminal acetylenes is 1. The molecule has 6 rings (SSSR count). The highest BCUT2D eigenvalue weighted by Gasteiger charge is 2.16. The highest BCUT2D eigenvalue weighted by atomic mass is 79.9. The fourth-order valence-corrected chi connectivity index (χ4v) is 7.30. The van der Waals surface area contributed by atoms with Crippen LogP contribution in [0.4, 0.5) is 0 Å². The quantitative estimate of drug-likeness (QED) is 0.122. The van der Waals surface area contributed by atoms with Gasteiger partial charge in [-0.15, -0.1) is 23.4 Å². The topological polar surface area (TPSA) is 0 Å². The number of hydrogen-bond acceptors (Lipinski definition) is 0. The summed E-state index contributed by atoms with van der Waals surface area (Å²) in [6.07, 6.45) is 5.12. The number of rotatable bonds is 4. The molecule has 6 aromatic carbocycles. The van der Waals surface area contributed by atoms with Crippen molar-refractivity contribution in [3.05, 3.63) is 164 Å². The number of aryl methyl sites for hydroxylation is 4. The summed E-state index contributed by atoms with van der Waals surface area (Å²) in [4.78, 5) is 0. The zero-order valence-corrected chi connectivity index (χ0v) is 40.6. The molecule has 57 heavy (non-hydrogen) atoms. The van der Waals surface area contributed by atoms with E-state index in [1.807, 2.05) is 6.92 Å². The second-order valence-electron chi connectivity index (χ2n) is 16.4.